The van der Waals surface area contributed by atoms with Gasteiger partial charge in [0.05, 0.1) is 0 Å². The van der Waals surface area contributed by atoms with Crippen LogP contribution in [0.5, 0.6) is 0 Å². The molecule has 1 saturated carbocycles. The summed E-state index contributed by atoms with van der Waals surface area (Å²) in [6, 6.07) is 7.57. The molecule has 1 aliphatic rings. The Morgan fingerprint density at radius 3 is 2.30 bits per heavy atom. The molecule has 1 fully saturated rings. The summed E-state index contributed by atoms with van der Waals surface area (Å²) in [5.74, 6) is 0.412. The molecule has 0 saturated heterocycles. The van der Waals surface area contributed by atoms with Gasteiger partial charge in [0.1, 0.15) is 0 Å². The fraction of sp³-hybridized carbons (Fsp3) is 0.579. The Bertz CT molecular complexity index is 531. The second-order valence-corrected chi connectivity index (χ2v) is 6.93. The number of hydrogen-bond acceptors (Lipinski definition) is 2. The number of carbonyl (C=O) groups excluding carboxylic acids is 2. The monoisotopic (exact) mass is 316 g/mol. The van der Waals surface area contributed by atoms with Crippen molar-refractivity contribution in [1.29, 1.82) is 0 Å². The molecular weight excluding hydrogens is 288 g/mol. The van der Waals surface area contributed by atoms with Gasteiger partial charge in [-0.15, -0.1) is 0 Å². The van der Waals surface area contributed by atoms with Gasteiger partial charge in [-0.3, -0.25) is 9.59 Å². The van der Waals surface area contributed by atoms with Crippen molar-refractivity contribution in [2.24, 2.45) is 5.92 Å². The summed E-state index contributed by atoms with van der Waals surface area (Å²) < 4.78 is 0. The zero-order valence-electron chi connectivity index (χ0n) is 14.5. The van der Waals surface area contributed by atoms with Gasteiger partial charge >= 0.3 is 0 Å². The molecule has 0 bridgehead atoms. The number of nitrogens with one attached hydrogen (secondary N) is 1. The molecule has 1 N–H and O–H groups in total. The van der Waals surface area contributed by atoms with E-state index in [-0.39, 0.29) is 11.8 Å². The molecule has 0 aliphatic heterocycles. The standard InChI is InChI=1S/C19H28N2O2/c1-14(2)13-18(22)20-16-11-9-15(10-12-16)19(23)21(3)17-7-5-4-6-8-17/h9-12,14,17H,4-8,13H2,1-3H3,(H,20,22). The van der Waals surface area contributed by atoms with E-state index in [9.17, 15) is 9.59 Å². The first-order valence-electron chi connectivity index (χ1n) is 8.64. The SMILES string of the molecule is CC(C)CC(=O)Nc1ccc(C(=O)N(C)C2CCCCC2)cc1. The molecule has 1 aromatic rings. The van der Waals surface area contributed by atoms with Crippen LogP contribution in [-0.4, -0.2) is 29.8 Å². The summed E-state index contributed by atoms with van der Waals surface area (Å²) in [5, 5.41) is 2.87. The summed E-state index contributed by atoms with van der Waals surface area (Å²) in [6.07, 6.45) is 6.41. The largest absolute Gasteiger partial charge is 0.339 e. The van der Waals surface area contributed by atoms with Gasteiger partial charge in [-0.1, -0.05) is 33.1 Å². The number of benzene rings is 1. The summed E-state index contributed by atoms with van der Waals surface area (Å²) in [4.78, 5) is 26.2. The van der Waals surface area contributed by atoms with E-state index in [1.54, 1.807) is 24.3 Å². The maximum Gasteiger partial charge on any atom is 0.253 e. The van der Waals surface area contributed by atoms with Gasteiger partial charge in [-0.05, 0) is 43.0 Å². The van der Waals surface area contributed by atoms with Gasteiger partial charge in [0.2, 0.25) is 5.91 Å². The molecule has 0 radical (unpaired) electrons. The summed E-state index contributed by atoms with van der Waals surface area (Å²) >= 11 is 0. The Hall–Kier alpha value is -1.84. The molecule has 0 heterocycles. The minimum absolute atomic E-state index is 0.0124. The molecule has 1 aromatic carbocycles. The van der Waals surface area contributed by atoms with Crippen LogP contribution in [0, 0.1) is 5.92 Å². The topological polar surface area (TPSA) is 49.4 Å². The first kappa shape index (κ1) is 17.5. The van der Waals surface area contributed by atoms with Crippen molar-refractivity contribution in [2.75, 3.05) is 12.4 Å². The van der Waals surface area contributed by atoms with Gasteiger partial charge < -0.3 is 10.2 Å². The highest BCUT2D eigenvalue weighted by atomic mass is 16.2. The van der Waals surface area contributed by atoms with Crippen molar-refractivity contribution < 1.29 is 9.59 Å². The lowest BCUT2D eigenvalue weighted by Gasteiger charge is -2.31. The smallest absolute Gasteiger partial charge is 0.253 e. The molecule has 2 rings (SSSR count). The summed E-state index contributed by atoms with van der Waals surface area (Å²) in [5.41, 5.74) is 1.42. The lowest BCUT2D eigenvalue weighted by Crippen LogP contribution is -2.38. The first-order chi connectivity index (χ1) is 11.0. The number of hydrogen-bond donors (Lipinski definition) is 1. The van der Waals surface area contributed by atoms with Crippen molar-refractivity contribution in [2.45, 2.75) is 58.4 Å². The van der Waals surface area contributed by atoms with Gasteiger partial charge in [0.15, 0.2) is 0 Å². The van der Waals surface area contributed by atoms with Crippen LogP contribution >= 0.6 is 0 Å². The van der Waals surface area contributed by atoms with Crippen LogP contribution in [0.25, 0.3) is 0 Å². The van der Waals surface area contributed by atoms with E-state index in [4.69, 9.17) is 0 Å². The Morgan fingerprint density at radius 1 is 1.13 bits per heavy atom. The molecule has 0 unspecified atom stereocenters. The van der Waals surface area contributed by atoms with Crippen molar-refractivity contribution in [3.05, 3.63) is 29.8 Å². The highest BCUT2D eigenvalue weighted by Gasteiger charge is 2.22. The Balaban J connectivity index is 1.95. The third-order valence-electron chi connectivity index (χ3n) is 4.45. The van der Waals surface area contributed by atoms with Crippen LogP contribution in [-0.2, 0) is 4.79 Å². The third kappa shape index (κ3) is 5.08. The van der Waals surface area contributed by atoms with E-state index in [2.05, 4.69) is 5.32 Å². The summed E-state index contributed by atoms with van der Waals surface area (Å²) in [6.45, 7) is 4.03. The van der Waals surface area contributed by atoms with Gasteiger partial charge in [-0.2, -0.15) is 0 Å². The predicted octanol–water partition coefficient (Wildman–Crippen LogP) is 4.08. The second-order valence-electron chi connectivity index (χ2n) is 6.93. The molecule has 1 aliphatic carbocycles. The van der Waals surface area contributed by atoms with Crippen LogP contribution in [0.1, 0.15) is 62.7 Å². The van der Waals surface area contributed by atoms with E-state index in [1.165, 1.54) is 19.3 Å². The van der Waals surface area contributed by atoms with Crippen molar-refractivity contribution >= 4 is 17.5 Å². The maximum atomic E-state index is 12.6. The lowest BCUT2D eigenvalue weighted by atomic mass is 9.94. The molecule has 0 aromatic heterocycles. The minimum atomic E-state index is 0.0124. The highest BCUT2D eigenvalue weighted by molar-refractivity contribution is 5.95. The Morgan fingerprint density at radius 2 is 1.74 bits per heavy atom. The molecule has 126 valence electrons. The Kier molecular flexibility index (Phi) is 6.20. The molecule has 4 nitrogen and oxygen atoms in total. The fourth-order valence-corrected chi connectivity index (χ4v) is 3.12. The van der Waals surface area contributed by atoms with E-state index < -0.39 is 0 Å². The van der Waals surface area contributed by atoms with Crippen molar-refractivity contribution in [1.82, 2.24) is 4.90 Å². The predicted molar refractivity (Wildman–Crippen MR) is 93.5 cm³/mol. The molecule has 0 spiro atoms. The summed E-state index contributed by atoms with van der Waals surface area (Å²) in [7, 11) is 1.90. The quantitative estimate of drug-likeness (QED) is 0.890. The fourth-order valence-electron chi connectivity index (χ4n) is 3.12. The van der Waals surface area contributed by atoms with Gasteiger partial charge in [0.25, 0.3) is 5.91 Å². The van der Waals surface area contributed by atoms with Gasteiger partial charge in [0, 0.05) is 30.8 Å². The van der Waals surface area contributed by atoms with Crippen LogP contribution in [0.2, 0.25) is 0 Å². The van der Waals surface area contributed by atoms with E-state index in [0.29, 0.717) is 23.9 Å². The number of amides is 2. The van der Waals surface area contributed by atoms with E-state index in [1.807, 2.05) is 25.8 Å². The zero-order chi connectivity index (χ0) is 16.8. The number of anilines is 1. The van der Waals surface area contributed by atoms with Crippen molar-refractivity contribution in [3.63, 3.8) is 0 Å². The maximum absolute atomic E-state index is 12.6. The zero-order valence-corrected chi connectivity index (χ0v) is 14.5. The lowest BCUT2D eigenvalue weighted by molar-refractivity contribution is -0.116. The molecular formula is C19H28N2O2. The van der Waals surface area contributed by atoms with Crippen LogP contribution < -0.4 is 5.32 Å². The molecule has 0 atom stereocenters. The number of carbonyl (C=O) groups is 2. The van der Waals surface area contributed by atoms with Crippen LogP contribution in [0.3, 0.4) is 0 Å². The Labute approximate surface area is 139 Å². The van der Waals surface area contributed by atoms with Crippen molar-refractivity contribution in [3.8, 4) is 0 Å². The molecule has 2 amide bonds. The van der Waals surface area contributed by atoms with Crippen LogP contribution in [0.15, 0.2) is 24.3 Å². The third-order valence-corrected chi connectivity index (χ3v) is 4.45. The molecule has 23 heavy (non-hydrogen) atoms. The highest BCUT2D eigenvalue weighted by Crippen LogP contribution is 2.23. The first-order valence-corrected chi connectivity index (χ1v) is 8.64. The minimum Gasteiger partial charge on any atom is -0.339 e. The average molecular weight is 316 g/mol. The van der Waals surface area contributed by atoms with Gasteiger partial charge in [-0.25, -0.2) is 0 Å². The average Bonchev–Trinajstić information content (AvgIpc) is 2.54. The van der Waals surface area contributed by atoms with E-state index >= 15 is 0 Å². The second kappa shape index (κ2) is 8.14. The number of rotatable bonds is 5. The number of nitrogens with zero attached hydrogens (tertiary/aromatic N) is 1. The molecule has 4 heteroatoms. The van der Waals surface area contributed by atoms with E-state index in [0.717, 1.165) is 18.5 Å². The normalized spacial score (nSPS) is 15.5. The van der Waals surface area contributed by atoms with Crippen LogP contribution in [0.4, 0.5) is 5.69 Å².